The maximum atomic E-state index is 5.61. The van der Waals surface area contributed by atoms with E-state index in [9.17, 15) is 0 Å². The Morgan fingerprint density at radius 3 is 3.20 bits per heavy atom. The predicted molar refractivity (Wildman–Crippen MR) is 60.3 cm³/mol. The fraction of sp³-hybridized carbons (Fsp3) is 0.727. The molecule has 0 saturated carbocycles. The Balaban J connectivity index is 1.82. The zero-order chi connectivity index (χ0) is 10.7. The minimum atomic E-state index is 0.631. The number of hydrogen-bond donors (Lipinski definition) is 1. The summed E-state index contributed by atoms with van der Waals surface area (Å²) in [5, 5.41) is 0. The molecule has 4 heteroatoms. The van der Waals surface area contributed by atoms with Gasteiger partial charge in [0.25, 0.3) is 0 Å². The molecule has 84 valence electrons. The van der Waals surface area contributed by atoms with Gasteiger partial charge in [0, 0.05) is 25.5 Å². The zero-order valence-corrected chi connectivity index (χ0v) is 9.39. The topological polar surface area (TPSA) is 47.1 Å². The van der Waals surface area contributed by atoms with E-state index in [1.807, 2.05) is 6.20 Å². The summed E-state index contributed by atoms with van der Waals surface area (Å²) in [5.41, 5.74) is 5.61. The molecular weight excluding hydrogens is 188 g/mol. The molecule has 2 heterocycles. The zero-order valence-electron chi connectivity index (χ0n) is 9.39. The van der Waals surface area contributed by atoms with E-state index >= 15 is 0 Å². The summed E-state index contributed by atoms with van der Waals surface area (Å²) in [5.74, 6) is 1.83. The van der Waals surface area contributed by atoms with Gasteiger partial charge in [-0.25, -0.2) is 4.98 Å². The molecule has 1 aliphatic rings. The Kier molecular flexibility index (Phi) is 3.38. The maximum Gasteiger partial charge on any atom is 0.122 e. The van der Waals surface area contributed by atoms with Gasteiger partial charge < -0.3 is 10.3 Å². The second kappa shape index (κ2) is 4.77. The highest BCUT2D eigenvalue weighted by atomic mass is 15.2. The Morgan fingerprint density at radius 2 is 2.40 bits per heavy atom. The molecule has 0 radical (unpaired) electrons. The third-order valence-electron chi connectivity index (χ3n) is 3.16. The van der Waals surface area contributed by atoms with Crippen molar-refractivity contribution in [1.29, 1.82) is 0 Å². The first-order chi connectivity index (χ1) is 7.29. The average Bonchev–Trinajstić information content (AvgIpc) is 2.72. The van der Waals surface area contributed by atoms with Crippen LogP contribution in [0.15, 0.2) is 12.4 Å². The molecule has 0 saturated heterocycles. The molecule has 1 unspecified atom stereocenters. The van der Waals surface area contributed by atoms with E-state index in [0.29, 0.717) is 5.92 Å². The molecule has 2 N–H and O–H groups in total. The fourth-order valence-corrected chi connectivity index (χ4v) is 1.94. The van der Waals surface area contributed by atoms with Gasteiger partial charge in [-0.2, -0.15) is 0 Å². The van der Waals surface area contributed by atoms with Crippen LogP contribution in [0.3, 0.4) is 0 Å². The van der Waals surface area contributed by atoms with Crippen molar-refractivity contribution in [2.24, 2.45) is 11.7 Å². The SMILES string of the molecule is CC(CN)CCN1CCn2ccnc2C1. The second-order valence-corrected chi connectivity index (χ2v) is 4.44. The van der Waals surface area contributed by atoms with E-state index in [-0.39, 0.29) is 0 Å². The summed E-state index contributed by atoms with van der Waals surface area (Å²) < 4.78 is 2.24. The molecule has 2 rings (SSSR count). The monoisotopic (exact) mass is 208 g/mol. The van der Waals surface area contributed by atoms with Crippen molar-refractivity contribution in [3.63, 3.8) is 0 Å². The van der Waals surface area contributed by atoms with Gasteiger partial charge in [-0.1, -0.05) is 6.92 Å². The van der Waals surface area contributed by atoms with E-state index in [1.165, 1.54) is 12.2 Å². The van der Waals surface area contributed by atoms with Gasteiger partial charge >= 0.3 is 0 Å². The van der Waals surface area contributed by atoms with Crippen molar-refractivity contribution in [1.82, 2.24) is 14.5 Å². The smallest absolute Gasteiger partial charge is 0.122 e. The molecule has 15 heavy (non-hydrogen) atoms. The van der Waals surface area contributed by atoms with E-state index in [1.54, 1.807) is 0 Å². The van der Waals surface area contributed by atoms with Crippen LogP contribution in [-0.2, 0) is 13.1 Å². The lowest BCUT2D eigenvalue weighted by Crippen LogP contribution is -2.35. The lowest BCUT2D eigenvalue weighted by Gasteiger charge is -2.28. The fourth-order valence-electron chi connectivity index (χ4n) is 1.94. The quantitative estimate of drug-likeness (QED) is 0.791. The van der Waals surface area contributed by atoms with E-state index in [0.717, 1.165) is 32.7 Å². The van der Waals surface area contributed by atoms with E-state index < -0.39 is 0 Å². The van der Waals surface area contributed by atoms with Gasteiger partial charge in [-0.15, -0.1) is 0 Å². The molecule has 0 aromatic carbocycles. The first kappa shape index (κ1) is 10.6. The molecule has 0 aliphatic carbocycles. The summed E-state index contributed by atoms with van der Waals surface area (Å²) in [4.78, 5) is 6.82. The van der Waals surface area contributed by atoms with Gasteiger partial charge in [0.15, 0.2) is 0 Å². The van der Waals surface area contributed by atoms with Crippen LogP contribution in [0.25, 0.3) is 0 Å². The van der Waals surface area contributed by atoms with Crippen LogP contribution in [0.2, 0.25) is 0 Å². The molecule has 0 amide bonds. The van der Waals surface area contributed by atoms with E-state index in [4.69, 9.17) is 5.73 Å². The Morgan fingerprint density at radius 1 is 1.53 bits per heavy atom. The maximum absolute atomic E-state index is 5.61. The average molecular weight is 208 g/mol. The number of hydrogen-bond acceptors (Lipinski definition) is 3. The third-order valence-corrected chi connectivity index (χ3v) is 3.16. The Hall–Kier alpha value is -0.870. The largest absolute Gasteiger partial charge is 0.333 e. The molecule has 0 fully saturated rings. The summed E-state index contributed by atoms with van der Waals surface area (Å²) in [6.45, 7) is 7.36. The van der Waals surface area contributed by atoms with Gasteiger partial charge in [0.2, 0.25) is 0 Å². The lowest BCUT2D eigenvalue weighted by atomic mass is 10.1. The Labute approximate surface area is 91.1 Å². The van der Waals surface area contributed by atoms with Gasteiger partial charge in [0.1, 0.15) is 5.82 Å². The normalized spacial score (nSPS) is 18.8. The minimum Gasteiger partial charge on any atom is -0.333 e. The van der Waals surface area contributed by atoms with Gasteiger partial charge in [-0.05, 0) is 25.4 Å². The lowest BCUT2D eigenvalue weighted by molar-refractivity contribution is 0.205. The molecule has 1 atom stereocenters. The van der Waals surface area contributed by atoms with Crippen molar-refractivity contribution in [3.05, 3.63) is 18.2 Å². The van der Waals surface area contributed by atoms with Gasteiger partial charge in [-0.3, -0.25) is 4.90 Å². The number of rotatable bonds is 4. The van der Waals surface area contributed by atoms with Crippen LogP contribution >= 0.6 is 0 Å². The number of nitrogens with two attached hydrogens (primary N) is 1. The highest BCUT2D eigenvalue weighted by Gasteiger charge is 2.16. The first-order valence-corrected chi connectivity index (χ1v) is 5.72. The van der Waals surface area contributed by atoms with Crippen LogP contribution in [0.4, 0.5) is 0 Å². The molecule has 1 aliphatic heterocycles. The summed E-state index contributed by atoms with van der Waals surface area (Å²) >= 11 is 0. The molecular formula is C11H20N4. The van der Waals surface area contributed by atoms with Crippen molar-refractivity contribution >= 4 is 0 Å². The van der Waals surface area contributed by atoms with Crippen molar-refractivity contribution < 1.29 is 0 Å². The second-order valence-electron chi connectivity index (χ2n) is 4.44. The van der Waals surface area contributed by atoms with Crippen molar-refractivity contribution in [2.75, 3.05) is 19.6 Å². The predicted octanol–water partition coefficient (Wildman–Crippen LogP) is 0.684. The van der Waals surface area contributed by atoms with Crippen molar-refractivity contribution in [2.45, 2.75) is 26.4 Å². The number of fused-ring (bicyclic) bond motifs is 1. The van der Waals surface area contributed by atoms with Gasteiger partial charge in [0.05, 0.1) is 6.54 Å². The van der Waals surface area contributed by atoms with Crippen LogP contribution in [-0.4, -0.2) is 34.1 Å². The molecule has 1 aromatic heterocycles. The van der Waals surface area contributed by atoms with Crippen LogP contribution < -0.4 is 5.73 Å². The minimum absolute atomic E-state index is 0.631. The standard InChI is InChI=1S/C11H20N4/c1-10(8-12)2-4-14-6-7-15-5-3-13-11(15)9-14/h3,5,10H,2,4,6-9,12H2,1H3. The molecule has 1 aromatic rings. The number of aromatic nitrogens is 2. The molecule has 4 nitrogen and oxygen atoms in total. The van der Waals surface area contributed by atoms with Crippen LogP contribution in [0.1, 0.15) is 19.2 Å². The van der Waals surface area contributed by atoms with Crippen molar-refractivity contribution in [3.8, 4) is 0 Å². The highest BCUT2D eigenvalue weighted by molar-refractivity contribution is 4.95. The van der Waals surface area contributed by atoms with Crippen LogP contribution in [0.5, 0.6) is 0 Å². The third kappa shape index (κ3) is 2.58. The summed E-state index contributed by atoms with van der Waals surface area (Å²) in [6, 6.07) is 0. The summed E-state index contributed by atoms with van der Waals surface area (Å²) in [7, 11) is 0. The van der Waals surface area contributed by atoms with E-state index in [2.05, 4.69) is 27.6 Å². The van der Waals surface area contributed by atoms with Crippen LogP contribution in [0, 0.1) is 5.92 Å². The number of nitrogens with zero attached hydrogens (tertiary/aromatic N) is 3. The first-order valence-electron chi connectivity index (χ1n) is 5.72. The summed E-state index contributed by atoms with van der Waals surface area (Å²) in [6.07, 6.45) is 5.15. The highest BCUT2D eigenvalue weighted by Crippen LogP contribution is 2.11. The molecule has 0 spiro atoms. The Bertz CT molecular complexity index is 307. The number of imidazole rings is 1. The molecule has 0 bridgehead atoms.